The Hall–Kier alpha value is -2.72. The molecule has 1 aromatic heterocycles. The molecule has 2 N–H and O–H groups in total. The highest BCUT2D eigenvalue weighted by Gasteiger charge is 2.34. The van der Waals surface area contributed by atoms with Crippen molar-refractivity contribution in [2.45, 2.75) is 24.2 Å². The van der Waals surface area contributed by atoms with Crippen molar-refractivity contribution in [3.8, 4) is 0 Å². The van der Waals surface area contributed by atoms with Crippen molar-refractivity contribution in [3.63, 3.8) is 0 Å². The van der Waals surface area contributed by atoms with Crippen molar-refractivity contribution in [2.75, 3.05) is 12.4 Å². The van der Waals surface area contributed by atoms with E-state index in [4.69, 9.17) is 16.3 Å². The maximum Gasteiger partial charge on any atom is 0.417 e. The number of benzene rings is 1. The second-order valence-electron chi connectivity index (χ2n) is 6.35. The number of ether oxygens (including phenoxy) is 1. The normalized spacial score (nSPS) is 16.5. The molecule has 2 aromatic rings. The highest BCUT2D eigenvalue weighted by Crippen LogP contribution is 2.35. The van der Waals surface area contributed by atoms with E-state index in [0.29, 0.717) is 11.8 Å². The molecule has 11 heteroatoms. The molecule has 2 amide bonds. The fourth-order valence-corrected chi connectivity index (χ4v) is 4.07. The van der Waals surface area contributed by atoms with Gasteiger partial charge in [-0.1, -0.05) is 53.7 Å². The van der Waals surface area contributed by atoms with E-state index in [1.807, 2.05) is 0 Å². The molecule has 0 radical (unpaired) electrons. The summed E-state index contributed by atoms with van der Waals surface area (Å²) >= 11 is 6.96. The Labute approximate surface area is 185 Å². The van der Waals surface area contributed by atoms with Crippen molar-refractivity contribution >= 4 is 35.4 Å². The summed E-state index contributed by atoms with van der Waals surface area (Å²) in [4.78, 5) is 28.7. The van der Waals surface area contributed by atoms with Gasteiger partial charge in [0.05, 0.1) is 28.8 Å². The Morgan fingerprint density at radius 2 is 2.00 bits per heavy atom. The minimum Gasteiger partial charge on any atom is -0.463 e. The zero-order chi connectivity index (χ0) is 22.6. The molecule has 31 heavy (non-hydrogen) atoms. The first-order chi connectivity index (χ1) is 14.7. The standard InChI is InChI=1S/C20H17ClF3N3O3S/c1-2-30-18(28)15-14(26-19(29)27-16(15)11-6-4-3-5-7-11)10-31-17-13(21)8-12(9-25-17)20(22,23)24/h3-9,16H,2,10H2,1H3,(H2,26,27,29)/t16-/m1/s1. The number of halogens is 4. The van der Waals surface area contributed by atoms with Gasteiger partial charge in [-0.25, -0.2) is 14.6 Å². The van der Waals surface area contributed by atoms with E-state index < -0.39 is 29.8 Å². The number of amides is 2. The average molecular weight is 472 g/mol. The second kappa shape index (κ2) is 9.61. The van der Waals surface area contributed by atoms with Crippen molar-refractivity contribution < 1.29 is 27.5 Å². The number of hydrogen-bond acceptors (Lipinski definition) is 5. The van der Waals surface area contributed by atoms with E-state index in [1.54, 1.807) is 37.3 Å². The van der Waals surface area contributed by atoms with Crippen LogP contribution in [-0.4, -0.2) is 29.3 Å². The number of hydrogen-bond donors (Lipinski definition) is 2. The second-order valence-corrected chi connectivity index (χ2v) is 7.72. The van der Waals surface area contributed by atoms with Gasteiger partial charge in [-0.2, -0.15) is 13.2 Å². The summed E-state index contributed by atoms with van der Waals surface area (Å²) in [6, 6.07) is 8.37. The number of urea groups is 1. The molecule has 1 aliphatic rings. The van der Waals surface area contributed by atoms with Crippen LogP contribution in [-0.2, 0) is 15.7 Å². The highest BCUT2D eigenvalue weighted by atomic mass is 35.5. The molecule has 0 spiro atoms. The Balaban J connectivity index is 1.93. The molecule has 0 aliphatic carbocycles. The largest absolute Gasteiger partial charge is 0.463 e. The van der Waals surface area contributed by atoms with E-state index in [9.17, 15) is 22.8 Å². The van der Waals surface area contributed by atoms with Gasteiger partial charge in [0.15, 0.2) is 0 Å². The fourth-order valence-electron chi connectivity index (χ4n) is 2.90. The van der Waals surface area contributed by atoms with Crippen LogP contribution >= 0.6 is 23.4 Å². The number of esters is 1. The van der Waals surface area contributed by atoms with Crippen LogP contribution in [0.15, 0.2) is 58.9 Å². The number of rotatable bonds is 6. The van der Waals surface area contributed by atoms with Crippen LogP contribution in [0.2, 0.25) is 5.02 Å². The Morgan fingerprint density at radius 3 is 2.61 bits per heavy atom. The number of nitrogens with zero attached hydrogens (tertiary/aromatic N) is 1. The summed E-state index contributed by atoms with van der Waals surface area (Å²) in [5, 5.41) is 5.24. The van der Waals surface area contributed by atoms with Crippen molar-refractivity contribution in [3.05, 3.63) is 70.0 Å². The summed E-state index contributed by atoms with van der Waals surface area (Å²) in [5.41, 5.74) is 0.170. The summed E-state index contributed by atoms with van der Waals surface area (Å²) in [6.45, 7) is 1.79. The number of pyridine rings is 1. The van der Waals surface area contributed by atoms with Crippen LogP contribution in [0, 0.1) is 0 Å². The van der Waals surface area contributed by atoms with Crippen LogP contribution in [0.5, 0.6) is 0 Å². The van der Waals surface area contributed by atoms with Crippen LogP contribution in [0.1, 0.15) is 24.1 Å². The van der Waals surface area contributed by atoms with Gasteiger partial charge in [0.1, 0.15) is 5.03 Å². The zero-order valence-corrected chi connectivity index (χ0v) is 17.7. The highest BCUT2D eigenvalue weighted by molar-refractivity contribution is 7.99. The number of carbonyl (C=O) groups excluding carboxylic acids is 2. The van der Waals surface area contributed by atoms with Gasteiger partial charge in [-0.15, -0.1) is 0 Å². The summed E-state index contributed by atoms with van der Waals surface area (Å²) < 4.78 is 43.6. The number of thioether (sulfide) groups is 1. The van der Waals surface area contributed by atoms with Gasteiger partial charge >= 0.3 is 18.2 Å². The molecule has 0 fully saturated rings. The summed E-state index contributed by atoms with van der Waals surface area (Å²) in [5.74, 6) is -0.589. The molecule has 1 atom stereocenters. The van der Waals surface area contributed by atoms with Gasteiger partial charge < -0.3 is 15.4 Å². The third-order valence-corrected chi connectivity index (χ3v) is 5.70. The fraction of sp³-hybridized carbons (Fsp3) is 0.250. The zero-order valence-electron chi connectivity index (χ0n) is 16.1. The van der Waals surface area contributed by atoms with E-state index in [-0.39, 0.29) is 33.7 Å². The third kappa shape index (κ3) is 5.50. The SMILES string of the molecule is CCOC(=O)C1=C(CSc2ncc(C(F)(F)F)cc2Cl)NC(=O)N[C@@H]1c1ccccc1. The van der Waals surface area contributed by atoms with Gasteiger partial charge in [0, 0.05) is 17.6 Å². The number of nitrogens with one attached hydrogen (secondary N) is 2. The van der Waals surface area contributed by atoms with Gasteiger partial charge in [-0.3, -0.25) is 0 Å². The first-order valence-electron chi connectivity index (χ1n) is 9.08. The molecular weight excluding hydrogens is 455 g/mol. The van der Waals surface area contributed by atoms with Gasteiger partial charge in [-0.05, 0) is 18.6 Å². The Kier molecular flexibility index (Phi) is 7.11. The molecule has 0 unspecified atom stereocenters. The van der Waals surface area contributed by atoms with Crippen molar-refractivity contribution in [1.82, 2.24) is 15.6 Å². The molecule has 164 valence electrons. The summed E-state index contributed by atoms with van der Waals surface area (Å²) in [7, 11) is 0. The lowest BCUT2D eigenvalue weighted by Crippen LogP contribution is -2.46. The van der Waals surface area contributed by atoms with E-state index in [2.05, 4.69) is 15.6 Å². The summed E-state index contributed by atoms with van der Waals surface area (Å²) in [6.07, 6.45) is -3.88. The minimum absolute atomic E-state index is 0.0307. The lowest BCUT2D eigenvalue weighted by Gasteiger charge is -2.29. The smallest absolute Gasteiger partial charge is 0.417 e. The third-order valence-electron chi connectivity index (χ3n) is 4.27. The quantitative estimate of drug-likeness (QED) is 0.471. The Bertz CT molecular complexity index is 1020. The first kappa shape index (κ1) is 23.0. The van der Waals surface area contributed by atoms with Crippen molar-refractivity contribution in [2.24, 2.45) is 0 Å². The monoisotopic (exact) mass is 471 g/mol. The predicted octanol–water partition coefficient (Wildman–Crippen LogP) is 4.72. The molecule has 2 heterocycles. The van der Waals surface area contributed by atoms with Gasteiger partial charge in [0.2, 0.25) is 0 Å². The van der Waals surface area contributed by atoms with E-state index in [0.717, 1.165) is 17.8 Å². The van der Waals surface area contributed by atoms with Crippen LogP contribution < -0.4 is 10.6 Å². The lowest BCUT2D eigenvalue weighted by molar-refractivity contribution is -0.139. The van der Waals surface area contributed by atoms with E-state index in [1.165, 1.54) is 0 Å². The molecule has 0 saturated heterocycles. The Morgan fingerprint density at radius 1 is 1.29 bits per heavy atom. The predicted molar refractivity (Wildman–Crippen MR) is 109 cm³/mol. The molecule has 6 nitrogen and oxygen atoms in total. The maximum atomic E-state index is 12.8. The molecule has 3 rings (SSSR count). The maximum absolute atomic E-state index is 12.8. The molecular formula is C20H17ClF3N3O3S. The van der Waals surface area contributed by atoms with Gasteiger partial charge in [0.25, 0.3) is 0 Å². The first-order valence-corrected chi connectivity index (χ1v) is 10.4. The number of alkyl halides is 3. The molecule has 0 saturated carbocycles. The minimum atomic E-state index is -4.56. The number of aromatic nitrogens is 1. The molecule has 1 aliphatic heterocycles. The van der Waals surface area contributed by atoms with Crippen LogP contribution in [0.25, 0.3) is 0 Å². The number of carbonyl (C=O) groups is 2. The molecule has 0 bridgehead atoms. The van der Waals surface area contributed by atoms with Crippen LogP contribution in [0.3, 0.4) is 0 Å². The average Bonchev–Trinajstić information content (AvgIpc) is 2.72. The lowest BCUT2D eigenvalue weighted by atomic mass is 9.95. The topological polar surface area (TPSA) is 80.3 Å². The van der Waals surface area contributed by atoms with Crippen LogP contribution in [0.4, 0.5) is 18.0 Å². The van der Waals surface area contributed by atoms with Crippen molar-refractivity contribution in [1.29, 1.82) is 0 Å². The molecule has 1 aromatic carbocycles. The van der Waals surface area contributed by atoms with E-state index >= 15 is 0 Å².